The molecule has 7 heteroatoms. The normalized spacial score (nSPS) is 15.7. The highest BCUT2D eigenvalue weighted by Crippen LogP contribution is 2.21. The molecule has 1 atom stereocenters. The number of aryl methyl sites for hydroxylation is 1. The first-order valence-corrected chi connectivity index (χ1v) is 9.23. The van der Waals surface area contributed by atoms with E-state index >= 15 is 0 Å². The Labute approximate surface area is 163 Å². The van der Waals surface area contributed by atoms with Crippen molar-refractivity contribution in [2.75, 3.05) is 13.1 Å². The predicted octanol–water partition coefficient (Wildman–Crippen LogP) is 4.00. The van der Waals surface area contributed by atoms with Crippen molar-refractivity contribution in [1.29, 1.82) is 0 Å². The van der Waals surface area contributed by atoms with Gasteiger partial charge in [0, 0.05) is 30.2 Å². The minimum atomic E-state index is -0.682. The quantitative estimate of drug-likeness (QED) is 0.815. The zero-order valence-electron chi connectivity index (χ0n) is 15.9. The standard InChI is InChI=1S/C21H23F2N3O2/c1-3-24-21(27)26(12-15-8-9-16(22)10-19(15)23)13-17-11-20(25-28-17)18-7-5-4-6-14(18)2/h4-10,17H,3,11-13H2,1-2H3,(H,24,27)/t17-/m1/s1. The van der Waals surface area contributed by atoms with Crippen LogP contribution in [0.4, 0.5) is 13.6 Å². The van der Waals surface area contributed by atoms with E-state index < -0.39 is 11.6 Å². The Morgan fingerprint density at radius 2 is 2.07 bits per heavy atom. The first-order chi connectivity index (χ1) is 13.5. The number of halogens is 2. The summed E-state index contributed by atoms with van der Waals surface area (Å²) in [6.45, 7) is 4.50. The van der Waals surface area contributed by atoms with Crippen molar-refractivity contribution in [3.63, 3.8) is 0 Å². The van der Waals surface area contributed by atoms with Gasteiger partial charge < -0.3 is 15.1 Å². The van der Waals surface area contributed by atoms with Gasteiger partial charge >= 0.3 is 6.03 Å². The molecular weight excluding hydrogens is 364 g/mol. The number of hydrogen-bond acceptors (Lipinski definition) is 3. The summed E-state index contributed by atoms with van der Waals surface area (Å²) in [5.74, 6) is -1.33. The van der Waals surface area contributed by atoms with Crippen molar-refractivity contribution >= 4 is 11.7 Å². The zero-order chi connectivity index (χ0) is 20.1. The molecule has 0 spiro atoms. The lowest BCUT2D eigenvalue weighted by Gasteiger charge is -2.25. The van der Waals surface area contributed by atoms with Crippen molar-refractivity contribution in [2.45, 2.75) is 32.9 Å². The molecule has 0 aromatic heterocycles. The fourth-order valence-electron chi connectivity index (χ4n) is 3.17. The van der Waals surface area contributed by atoms with Crippen molar-refractivity contribution < 1.29 is 18.4 Å². The van der Waals surface area contributed by atoms with E-state index in [1.165, 1.54) is 17.0 Å². The fraction of sp³-hybridized carbons (Fsp3) is 0.333. The van der Waals surface area contributed by atoms with Crippen LogP contribution in [0.25, 0.3) is 0 Å². The van der Waals surface area contributed by atoms with E-state index in [4.69, 9.17) is 4.84 Å². The summed E-state index contributed by atoms with van der Waals surface area (Å²) in [5.41, 5.74) is 3.18. The molecule has 28 heavy (non-hydrogen) atoms. The molecule has 1 aliphatic heterocycles. The average Bonchev–Trinajstić information content (AvgIpc) is 3.12. The van der Waals surface area contributed by atoms with Crippen LogP contribution in [0.15, 0.2) is 47.6 Å². The maximum absolute atomic E-state index is 14.0. The summed E-state index contributed by atoms with van der Waals surface area (Å²) in [6, 6.07) is 10.9. The fourth-order valence-corrected chi connectivity index (χ4v) is 3.17. The van der Waals surface area contributed by atoms with E-state index in [1.807, 2.05) is 31.2 Å². The summed E-state index contributed by atoms with van der Waals surface area (Å²) >= 11 is 0. The number of rotatable bonds is 6. The maximum Gasteiger partial charge on any atom is 0.317 e. The van der Waals surface area contributed by atoms with Gasteiger partial charge in [-0.25, -0.2) is 13.6 Å². The number of amides is 2. The van der Waals surface area contributed by atoms with Crippen LogP contribution in [0.3, 0.4) is 0 Å². The van der Waals surface area contributed by atoms with Crippen LogP contribution in [-0.2, 0) is 11.4 Å². The molecular formula is C21H23F2N3O2. The van der Waals surface area contributed by atoms with E-state index in [9.17, 15) is 13.6 Å². The van der Waals surface area contributed by atoms with Crippen LogP contribution < -0.4 is 5.32 Å². The van der Waals surface area contributed by atoms with Gasteiger partial charge in [-0.1, -0.05) is 35.5 Å². The molecule has 1 N–H and O–H groups in total. The SMILES string of the molecule is CCNC(=O)N(Cc1ccc(F)cc1F)C[C@H]1CC(c2ccccc2C)=NO1. The molecule has 0 fully saturated rings. The Morgan fingerprint density at radius 1 is 1.29 bits per heavy atom. The van der Waals surface area contributed by atoms with Crippen molar-refractivity contribution in [3.8, 4) is 0 Å². The van der Waals surface area contributed by atoms with Crippen molar-refractivity contribution in [1.82, 2.24) is 10.2 Å². The van der Waals surface area contributed by atoms with Crippen LogP contribution in [0.5, 0.6) is 0 Å². The summed E-state index contributed by atoms with van der Waals surface area (Å²) in [4.78, 5) is 19.4. The number of hydrogen-bond donors (Lipinski definition) is 1. The maximum atomic E-state index is 14.0. The van der Waals surface area contributed by atoms with Crippen LogP contribution in [0.2, 0.25) is 0 Å². The number of carbonyl (C=O) groups excluding carboxylic acids is 1. The Kier molecular flexibility index (Phi) is 6.23. The lowest BCUT2D eigenvalue weighted by molar-refractivity contribution is 0.0588. The third-order valence-electron chi connectivity index (χ3n) is 4.60. The van der Waals surface area contributed by atoms with Crippen LogP contribution in [-0.4, -0.2) is 35.8 Å². The third kappa shape index (κ3) is 4.65. The van der Waals surface area contributed by atoms with Gasteiger partial charge in [0.05, 0.1) is 18.8 Å². The van der Waals surface area contributed by atoms with E-state index in [1.54, 1.807) is 6.92 Å². The van der Waals surface area contributed by atoms with Gasteiger partial charge in [0.15, 0.2) is 6.10 Å². The van der Waals surface area contributed by atoms with Crippen molar-refractivity contribution in [3.05, 3.63) is 70.8 Å². The first-order valence-electron chi connectivity index (χ1n) is 9.23. The number of benzene rings is 2. The predicted molar refractivity (Wildman–Crippen MR) is 103 cm³/mol. The zero-order valence-corrected chi connectivity index (χ0v) is 15.9. The van der Waals surface area contributed by atoms with Crippen LogP contribution >= 0.6 is 0 Å². The number of carbonyl (C=O) groups is 1. The highest BCUT2D eigenvalue weighted by atomic mass is 19.1. The summed E-state index contributed by atoms with van der Waals surface area (Å²) in [5, 5.41) is 6.90. The van der Waals surface area contributed by atoms with Gasteiger partial charge in [0.2, 0.25) is 0 Å². The molecule has 2 amide bonds. The second-order valence-electron chi connectivity index (χ2n) is 6.74. The Morgan fingerprint density at radius 3 is 2.79 bits per heavy atom. The van der Waals surface area contributed by atoms with Crippen LogP contribution in [0, 0.1) is 18.6 Å². The lowest BCUT2D eigenvalue weighted by Crippen LogP contribution is -2.43. The van der Waals surface area contributed by atoms with E-state index in [0.717, 1.165) is 22.9 Å². The van der Waals surface area contributed by atoms with Crippen LogP contribution in [0.1, 0.15) is 30.0 Å². The minimum Gasteiger partial charge on any atom is -0.390 e. The molecule has 0 unspecified atom stereocenters. The molecule has 0 aliphatic carbocycles. The van der Waals surface area contributed by atoms with Gasteiger partial charge in [-0.05, 0) is 25.5 Å². The molecule has 148 valence electrons. The highest BCUT2D eigenvalue weighted by molar-refractivity contribution is 6.02. The minimum absolute atomic E-state index is 0.0114. The van der Waals surface area contributed by atoms with Gasteiger partial charge in [-0.2, -0.15) is 0 Å². The van der Waals surface area contributed by atoms with Crippen molar-refractivity contribution in [2.24, 2.45) is 5.16 Å². The summed E-state index contributed by atoms with van der Waals surface area (Å²) < 4.78 is 27.2. The summed E-state index contributed by atoms with van der Waals surface area (Å²) in [6.07, 6.45) is 0.216. The summed E-state index contributed by atoms with van der Waals surface area (Å²) in [7, 11) is 0. The largest absolute Gasteiger partial charge is 0.390 e. The average molecular weight is 387 g/mol. The van der Waals surface area contributed by atoms with E-state index in [-0.39, 0.29) is 30.8 Å². The third-order valence-corrected chi connectivity index (χ3v) is 4.60. The molecule has 1 heterocycles. The van der Waals surface area contributed by atoms with Gasteiger partial charge in [0.1, 0.15) is 11.6 Å². The van der Waals surface area contributed by atoms with Gasteiger partial charge in [-0.15, -0.1) is 0 Å². The molecule has 5 nitrogen and oxygen atoms in total. The second-order valence-corrected chi connectivity index (χ2v) is 6.74. The lowest BCUT2D eigenvalue weighted by atomic mass is 10.0. The molecule has 1 aliphatic rings. The molecule has 0 saturated carbocycles. The molecule has 3 rings (SSSR count). The van der Waals surface area contributed by atoms with E-state index in [2.05, 4.69) is 10.5 Å². The number of urea groups is 1. The first kappa shape index (κ1) is 19.8. The number of oxime groups is 1. The molecule has 2 aromatic rings. The topological polar surface area (TPSA) is 53.9 Å². The van der Waals surface area contributed by atoms with Gasteiger partial charge in [0.25, 0.3) is 0 Å². The van der Waals surface area contributed by atoms with Gasteiger partial charge in [-0.3, -0.25) is 0 Å². The smallest absolute Gasteiger partial charge is 0.317 e. The monoisotopic (exact) mass is 387 g/mol. The van der Waals surface area contributed by atoms with E-state index in [0.29, 0.717) is 13.0 Å². The Bertz CT molecular complexity index is 886. The highest BCUT2D eigenvalue weighted by Gasteiger charge is 2.27. The molecule has 0 bridgehead atoms. The Hall–Kier alpha value is -2.96. The Balaban J connectivity index is 1.70. The second kappa shape index (κ2) is 8.82. The number of nitrogens with one attached hydrogen (secondary N) is 1. The molecule has 0 saturated heterocycles. The number of nitrogens with zero attached hydrogens (tertiary/aromatic N) is 2. The molecule has 2 aromatic carbocycles. The molecule has 0 radical (unpaired) electrons.